The van der Waals surface area contributed by atoms with Crippen molar-refractivity contribution in [3.63, 3.8) is 0 Å². The summed E-state index contributed by atoms with van der Waals surface area (Å²) in [5.41, 5.74) is 0.223. The molecule has 3 nitrogen and oxygen atoms in total. The summed E-state index contributed by atoms with van der Waals surface area (Å²) >= 11 is 0. The Labute approximate surface area is 105 Å². The Bertz CT molecular complexity index is 447. The standard InChI is InChI=1S/C13H16F2N2O/c1-8(13(18)17-11-3-4-11)16-7-9-6-10(14)2-5-12(9)15/h2,5-6,8,11,16H,3-4,7H2,1H3,(H,17,18). The lowest BCUT2D eigenvalue weighted by atomic mass is 10.2. The SMILES string of the molecule is CC(NCc1cc(F)ccc1F)C(=O)NC1CC1. The molecule has 0 radical (unpaired) electrons. The molecule has 0 bridgehead atoms. The van der Waals surface area contributed by atoms with Gasteiger partial charge in [0.1, 0.15) is 11.6 Å². The second kappa shape index (κ2) is 5.44. The van der Waals surface area contributed by atoms with E-state index in [0.29, 0.717) is 6.04 Å². The summed E-state index contributed by atoms with van der Waals surface area (Å²) in [6.45, 7) is 1.83. The first-order chi connectivity index (χ1) is 8.56. The van der Waals surface area contributed by atoms with E-state index in [2.05, 4.69) is 10.6 Å². The van der Waals surface area contributed by atoms with Gasteiger partial charge in [-0.15, -0.1) is 0 Å². The molecule has 0 aromatic heterocycles. The summed E-state index contributed by atoms with van der Waals surface area (Å²) in [7, 11) is 0. The van der Waals surface area contributed by atoms with Crippen LogP contribution in [-0.4, -0.2) is 18.0 Å². The molecule has 98 valence electrons. The van der Waals surface area contributed by atoms with Gasteiger partial charge in [0.15, 0.2) is 0 Å². The Morgan fingerprint density at radius 3 is 2.83 bits per heavy atom. The van der Waals surface area contributed by atoms with Crippen molar-refractivity contribution in [1.29, 1.82) is 0 Å². The van der Waals surface area contributed by atoms with Crippen molar-refractivity contribution in [3.8, 4) is 0 Å². The van der Waals surface area contributed by atoms with Gasteiger partial charge in [-0.05, 0) is 38.0 Å². The average Bonchev–Trinajstić information content (AvgIpc) is 3.13. The highest BCUT2D eigenvalue weighted by molar-refractivity contribution is 5.81. The van der Waals surface area contributed by atoms with Gasteiger partial charge >= 0.3 is 0 Å². The summed E-state index contributed by atoms with van der Waals surface area (Å²) in [5, 5.41) is 5.73. The van der Waals surface area contributed by atoms with Gasteiger partial charge in [0.2, 0.25) is 5.91 Å². The maximum absolute atomic E-state index is 13.3. The molecule has 2 rings (SSSR count). The van der Waals surface area contributed by atoms with Crippen LogP contribution in [0, 0.1) is 11.6 Å². The highest BCUT2D eigenvalue weighted by atomic mass is 19.1. The van der Waals surface area contributed by atoms with Crippen LogP contribution >= 0.6 is 0 Å². The third-order valence-corrected chi connectivity index (χ3v) is 2.92. The van der Waals surface area contributed by atoms with E-state index in [1.165, 1.54) is 0 Å². The van der Waals surface area contributed by atoms with Crippen LogP contribution in [-0.2, 0) is 11.3 Å². The number of halogens is 2. The first-order valence-electron chi connectivity index (χ1n) is 6.04. The van der Waals surface area contributed by atoms with Gasteiger partial charge in [-0.3, -0.25) is 4.79 Å². The molecule has 1 aromatic rings. The summed E-state index contributed by atoms with van der Waals surface area (Å²) < 4.78 is 26.3. The second-order valence-corrected chi connectivity index (χ2v) is 4.62. The highest BCUT2D eigenvalue weighted by Crippen LogP contribution is 2.18. The lowest BCUT2D eigenvalue weighted by molar-refractivity contribution is -0.122. The van der Waals surface area contributed by atoms with E-state index in [1.807, 2.05) is 0 Å². The zero-order valence-electron chi connectivity index (χ0n) is 10.2. The van der Waals surface area contributed by atoms with Crippen molar-refractivity contribution < 1.29 is 13.6 Å². The molecular weight excluding hydrogens is 238 g/mol. The predicted molar refractivity (Wildman–Crippen MR) is 63.8 cm³/mol. The van der Waals surface area contributed by atoms with Gasteiger partial charge in [0.05, 0.1) is 6.04 Å². The minimum absolute atomic E-state index is 0.102. The molecule has 2 N–H and O–H groups in total. The number of nitrogens with one attached hydrogen (secondary N) is 2. The van der Waals surface area contributed by atoms with Gasteiger partial charge in [0.25, 0.3) is 0 Å². The Hall–Kier alpha value is -1.49. The fourth-order valence-corrected chi connectivity index (χ4v) is 1.59. The Morgan fingerprint density at radius 1 is 1.44 bits per heavy atom. The van der Waals surface area contributed by atoms with Crippen LogP contribution in [0.4, 0.5) is 8.78 Å². The normalized spacial score (nSPS) is 16.4. The van der Waals surface area contributed by atoms with E-state index in [1.54, 1.807) is 6.92 Å². The van der Waals surface area contributed by atoms with Crippen LogP contribution < -0.4 is 10.6 Å². The van der Waals surface area contributed by atoms with Crippen molar-refractivity contribution in [2.24, 2.45) is 0 Å². The monoisotopic (exact) mass is 254 g/mol. The van der Waals surface area contributed by atoms with Crippen molar-refractivity contribution in [3.05, 3.63) is 35.4 Å². The average molecular weight is 254 g/mol. The molecule has 1 amide bonds. The molecule has 1 unspecified atom stereocenters. The molecule has 18 heavy (non-hydrogen) atoms. The van der Waals surface area contributed by atoms with E-state index in [-0.39, 0.29) is 18.0 Å². The zero-order chi connectivity index (χ0) is 13.1. The van der Waals surface area contributed by atoms with Crippen molar-refractivity contribution in [1.82, 2.24) is 10.6 Å². The smallest absolute Gasteiger partial charge is 0.237 e. The Morgan fingerprint density at radius 2 is 2.17 bits per heavy atom. The number of hydrogen-bond acceptors (Lipinski definition) is 2. The van der Waals surface area contributed by atoms with E-state index in [9.17, 15) is 13.6 Å². The molecule has 1 aliphatic carbocycles. The summed E-state index contributed by atoms with van der Waals surface area (Å²) in [4.78, 5) is 11.6. The summed E-state index contributed by atoms with van der Waals surface area (Å²) in [5.74, 6) is -1.06. The van der Waals surface area contributed by atoms with Crippen LogP contribution in [0.25, 0.3) is 0 Å². The van der Waals surface area contributed by atoms with Crippen LogP contribution in [0.1, 0.15) is 25.3 Å². The zero-order valence-corrected chi connectivity index (χ0v) is 10.2. The molecule has 1 aromatic carbocycles. The number of carbonyl (C=O) groups is 1. The van der Waals surface area contributed by atoms with Gasteiger partial charge in [0, 0.05) is 18.2 Å². The van der Waals surface area contributed by atoms with Crippen LogP contribution in [0.2, 0.25) is 0 Å². The minimum Gasteiger partial charge on any atom is -0.352 e. The largest absolute Gasteiger partial charge is 0.352 e. The maximum atomic E-state index is 13.3. The molecule has 0 aliphatic heterocycles. The first kappa shape index (κ1) is 13.0. The molecule has 1 fully saturated rings. The Kier molecular flexibility index (Phi) is 3.91. The van der Waals surface area contributed by atoms with Gasteiger partial charge < -0.3 is 10.6 Å². The van der Waals surface area contributed by atoms with E-state index in [0.717, 1.165) is 31.0 Å². The van der Waals surface area contributed by atoms with E-state index in [4.69, 9.17) is 0 Å². The molecule has 0 saturated heterocycles. The number of rotatable bonds is 5. The number of hydrogen-bond donors (Lipinski definition) is 2. The van der Waals surface area contributed by atoms with Crippen LogP contribution in [0.15, 0.2) is 18.2 Å². The molecule has 1 aliphatic rings. The second-order valence-electron chi connectivity index (χ2n) is 4.62. The number of benzene rings is 1. The third kappa shape index (κ3) is 3.50. The fraction of sp³-hybridized carbons (Fsp3) is 0.462. The van der Waals surface area contributed by atoms with Crippen molar-refractivity contribution in [2.45, 2.75) is 38.4 Å². The summed E-state index contributed by atoms with van der Waals surface area (Å²) in [6, 6.07) is 3.16. The number of carbonyl (C=O) groups excluding carboxylic acids is 1. The molecule has 1 atom stereocenters. The minimum atomic E-state index is -0.483. The maximum Gasteiger partial charge on any atom is 0.237 e. The van der Waals surface area contributed by atoms with E-state index < -0.39 is 17.7 Å². The lowest BCUT2D eigenvalue weighted by Crippen LogP contribution is -2.42. The van der Waals surface area contributed by atoms with Gasteiger partial charge in [-0.2, -0.15) is 0 Å². The topological polar surface area (TPSA) is 41.1 Å². The molecular formula is C13H16F2N2O. The molecule has 1 saturated carbocycles. The van der Waals surface area contributed by atoms with Gasteiger partial charge in [-0.1, -0.05) is 0 Å². The molecule has 0 heterocycles. The van der Waals surface area contributed by atoms with Crippen molar-refractivity contribution >= 4 is 5.91 Å². The fourth-order valence-electron chi connectivity index (χ4n) is 1.59. The quantitative estimate of drug-likeness (QED) is 0.840. The lowest BCUT2D eigenvalue weighted by Gasteiger charge is -2.14. The number of amides is 1. The molecule has 5 heteroatoms. The first-order valence-corrected chi connectivity index (χ1v) is 6.04. The van der Waals surface area contributed by atoms with Crippen LogP contribution in [0.5, 0.6) is 0 Å². The predicted octanol–water partition coefficient (Wildman–Crippen LogP) is 1.72. The third-order valence-electron chi connectivity index (χ3n) is 2.92. The Balaban J connectivity index is 1.85. The molecule has 0 spiro atoms. The van der Waals surface area contributed by atoms with E-state index >= 15 is 0 Å². The van der Waals surface area contributed by atoms with Crippen LogP contribution in [0.3, 0.4) is 0 Å². The van der Waals surface area contributed by atoms with Gasteiger partial charge in [-0.25, -0.2) is 8.78 Å². The summed E-state index contributed by atoms with van der Waals surface area (Å²) in [6.07, 6.45) is 2.05. The van der Waals surface area contributed by atoms with Crippen molar-refractivity contribution in [2.75, 3.05) is 0 Å². The highest BCUT2D eigenvalue weighted by Gasteiger charge is 2.25.